The highest BCUT2D eigenvalue weighted by Gasteiger charge is 2.28. The van der Waals surface area contributed by atoms with Crippen molar-refractivity contribution in [3.63, 3.8) is 0 Å². The number of carbonyl (C=O) groups is 1. The van der Waals surface area contributed by atoms with Gasteiger partial charge in [0.1, 0.15) is 12.2 Å². The maximum atomic E-state index is 12.6. The normalized spacial score (nSPS) is 13.8. The predicted octanol–water partition coefficient (Wildman–Crippen LogP) is 20.3. The third-order valence-corrected chi connectivity index (χ3v) is 15.8. The second-order valence-electron chi connectivity index (χ2n) is 23.2. The summed E-state index contributed by atoms with van der Waals surface area (Å²) in [6.07, 6.45) is 79.7. The van der Waals surface area contributed by atoms with Crippen LogP contribution in [-0.4, -0.2) is 57.3 Å². The molecule has 6 nitrogen and oxygen atoms in total. The number of allylic oxidation sites excluding steroid dienone is 6. The molecule has 0 aromatic carbocycles. The van der Waals surface area contributed by atoms with Gasteiger partial charge in [0.15, 0.2) is 0 Å². The fourth-order valence-electron chi connectivity index (χ4n) is 10.6. The number of carbonyl (C=O) groups excluding carboxylic acids is 1. The topological polar surface area (TPSA) is 110 Å². The lowest BCUT2D eigenvalue weighted by atomic mass is 10.00. The quantitative estimate of drug-likeness (QED) is 0.0308. The number of nitrogens with one attached hydrogen (secondary N) is 1. The van der Waals surface area contributed by atoms with Crippen LogP contribution in [-0.2, 0) is 4.79 Å². The van der Waals surface area contributed by atoms with E-state index in [1.54, 1.807) is 0 Å². The van der Waals surface area contributed by atoms with Crippen LogP contribution >= 0.6 is 0 Å². The second kappa shape index (κ2) is 62.4. The summed E-state index contributed by atoms with van der Waals surface area (Å²) in [5.74, 6) is -0.593. The van der Waals surface area contributed by atoms with Gasteiger partial charge in [-0.05, 0) is 77.0 Å². The van der Waals surface area contributed by atoms with Crippen LogP contribution in [0.2, 0.25) is 0 Å². The molecule has 0 bridgehead atoms. The van der Waals surface area contributed by atoms with E-state index in [1.165, 1.54) is 289 Å². The van der Waals surface area contributed by atoms with Crippen molar-refractivity contribution < 1.29 is 25.2 Å². The van der Waals surface area contributed by atoms with Gasteiger partial charge in [0, 0.05) is 0 Å². The highest BCUT2D eigenvalue weighted by atomic mass is 16.3. The minimum Gasteiger partial charge on any atom is -0.394 e. The molecule has 0 rings (SSSR count). The zero-order chi connectivity index (χ0) is 53.7. The lowest BCUT2D eigenvalue weighted by Crippen LogP contribution is -2.53. The van der Waals surface area contributed by atoms with Crippen LogP contribution in [0.25, 0.3) is 0 Å². The Balaban J connectivity index is 3.61. The first-order chi connectivity index (χ1) is 36.5. The molecule has 0 aliphatic carbocycles. The van der Waals surface area contributed by atoms with Crippen molar-refractivity contribution in [1.82, 2.24) is 5.32 Å². The van der Waals surface area contributed by atoms with Crippen molar-refractivity contribution in [2.45, 2.75) is 385 Å². The largest absolute Gasteiger partial charge is 0.394 e. The summed E-state index contributed by atoms with van der Waals surface area (Å²) in [6.45, 7) is 4.09. The van der Waals surface area contributed by atoms with Crippen LogP contribution in [0.15, 0.2) is 36.5 Å². The van der Waals surface area contributed by atoms with Gasteiger partial charge >= 0.3 is 0 Å². The van der Waals surface area contributed by atoms with Gasteiger partial charge < -0.3 is 25.7 Å². The van der Waals surface area contributed by atoms with Crippen LogP contribution in [0.5, 0.6) is 0 Å². The first-order valence-electron chi connectivity index (χ1n) is 33.4. The van der Waals surface area contributed by atoms with Gasteiger partial charge in [-0.15, -0.1) is 0 Å². The van der Waals surface area contributed by atoms with Crippen molar-refractivity contribution in [3.05, 3.63) is 36.5 Å². The average molecular weight is 1040 g/mol. The van der Waals surface area contributed by atoms with E-state index in [2.05, 4.69) is 55.6 Å². The Morgan fingerprint density at radius 2 is 0.568 bits per heavy atom. The van der Waals surface area contributed by atoms with Gasteiger partial charge in [-0.2, -0.15) is 0 Å². The highest BCUT2D eigenvalue weighted by Crippen LogP contribution is 2.18. The van der Waals surface area contributed by atoms with Crippen molar-refractivity contribution in [2.24, 2.45) is 0 Å². The number of unbranched alkanes of at least 4 members (excludes halogenated alkanes) is 47. The van der Waals surface area contributed by atoms with Gasteiger partial charge in [-0.1, -0.05) is 320 Å². The number of hydrogen-bond acceptors (Lipinski definition) is 5. The molecule has 0 aromatic heterocycles. The van der Waals surface area contributed by atoms with Gasteiger partial charge in [0.2, 0.25) is 5.91 Å². The minimum absolute atomic E-state index is 0.361. The number of aliphatic hydroxyl groups is 4. The van der Waals surface area contributed by atoms with E-state index in [1.807, 2.05) is 0 Å². The van der Waals surface area contributed by atoms with E-state index < -0.39 is 36.9 Å². The maximum absolute atomic E-state index is 12.6. The molecule has 0 fully saturated rings. The fourth-order valence-corrected chi connectivity index (χ4v) is 10.6. The molecular weight excluding hydrogens is 911 g/mol. The number of amides is 1. The number of aliphatic hydroxyl groups excluding tert-OH is 4. The SMILES string of the molecule is CCCCCCCCCCCCCC/C=C\CCCCCCCCCCCCCCCC(O)C(=O)NC(CO)C(O)C(O)CCC/C=C/CC/C=C/CCCCCCCCCCCCCCCCCCCCCC. The van der Waals surface area contributed by atoms with E-state index in [4.69, 9.17) is 0 Å². The van der Waals surface area contributed by atoms with Crippen LogP contribution in [0.3, 0.4) is 0 Å². The average Bonchev–Trinajstić information content (AvgIpc) is 3.41. The second-order valence-corrected chi connectivity index (χ2v) is 23.2. The lowest BCUT2D eigenvalue weighted by molar-refractivity contribution is -0.132. The van der Waals surface area contributed by atoms with Crippen LogP contribution < -0.4 is 5.32 Å². The molecular formula is C68H131NO5. The zero-order valence-electron chi connectivity index (χ0n) is 49.9. The summed E-state index contributed by atoms with van der Waals surface area (Å²) in [5.41, 5.74) is 0. The Morgan fingerprint density at radius 3 is 0.851 bits per heavy atom. The molecule has 74 heavy (non-hydrogen) atoms. The van der Waals surface area contributed by atoms with E-state index in [9.17, 15) is 25.2 Å². The Bertz CT molecular complexity index is 1170. The van der Waals surface area contributed by atoms with Crippen LogP contribution in [0.4, 0.5) is 0 Å². The molecule has 0 aliphatic heterocycles. The molecule has 0 aromatic rings. The molecule has 5 N–H and O–H groups in total. The van der Waals surface area contributed by atoms with E-state index in [-0.39, 0.29) is 0 Å². The summed E-state index contributed by atoms with van der Waals surface area (Å²) in [7, 11) is 0. The van der Waals surface area contributed by atoms with E-state index >= 15 is 0 Å². The van der Waals surface area contributed by atoms with E-state index in [0.717, 1.165) is 38.5 Å². The molecule has 0 radical (unpaired) electrons. The molecule has 0 aliphatic rings. The third kappa shape index (κ3) is 55.3. The molecule has 0 saturated carbocycles. The molecule has 0 heterocycles. The first-order valence-corrected chi connectivity index (χ1v) is 33.4. The Hall–Kier alpha value is -1.47. The standard InChI is InChI=1S/C68H131NO5/c1-3-5-7-9-11-13-15-17-19-21-23-25-27-29-31-33-35-37-39-41-43-45-47-49-51-53-55-57-59-61-65(71)67(73)64(63-70)69-68(74)66(72)62-60-58-56-54-52-50-48-46-44-42-40-38-36-34-32-30-28-26-24-22-20-18-16-14-12-10-8-6-4-2/h30,32,45,47,53,55,64-67,70-73H,3-29,31,33-44,46,48-52,54,56-63H2,1-2H3,(H,69,74)/b32-30-,47-45+,55-53+. The predicted molar refractivity (Wildman–Crippen MR) is 325 cm³/mol. The summed E-state index contributed by atoms with van der Waals surface area (Å²) in [4.78, 5) is 12.6. The molecule has 4 atom stereocenters. The van der Waals surface area contributed by atoms with Gasteiger partial charge in [-0.3, -0.25) is 4.79 Å². The Morgan fingerprint density at radius 1 is 0.324 bits per heavy atom. The minimum atomic E-state index is -1.29. The first kappa shape index (κ1) is 72.5. The zero-order valence-corrected chi connectivity index (χ0v) is 49.9. The molecule has 6 heteroatoms. The molecule has 0 spiro atoms. The molecule has 1 amide bonds. The van der Waals surface area contributed by atoms with Crippen LogP contribution in [0.1, 0.15) is 361 Å². The number of hydrogen-bond donors (Lipinski definition) is 5. The summed E-state index contributed by atoms with van der Waals surface area (Å²) >= 11 is 0. The lowest BCUT2D eigenvalue weighted by Gasteiger charge is -2.27. The molecule has 0 saturated heterocycles. The third-order valence-electron chi connectivity index (χ3n) is 15.8. The smallest absolute Gasteiger partial charge is 0.249 e. The number of rotatable bonds is 62. The molecule has 438 valence electrons. The fraction of sp³-hybridized carbons (Fsp3) is 0.897. The Labute approximate surface area is 462 Å². The molecule has 4 unspecified atom stereocenters. The maximum Gasteiger partial charge on any atom is 0.249 e. The van der Waals surface area contributed by atoms with Crippen molar-refractivity contribution >= 4 is 5.91 Å². The Kier molecular flexibility index (Phi) is 61.1. The van der Waals surface area contributed by atoms with Gasteiger partial charge in [-0.25, -0.2) is 0 Å². The summed E-state index contributed by atoms with van der Waals surface area (Å²) < 4.78 is 0. The monoisotopic (exact) mass is 1040 g/mol. The summed E-state index contributed by atoms with van der Waals surface area (Å²) in [6, 6.07) is -1.01. The highest BCUT2D eigenvalue weighted by molar-refractivity contribution is 5.80. The van der Waals surface area contributed by atoms with E-state index in [0.29, 0.717) is 19.3 Å². The summed E-state index contributed by atoms with van der Waals surface area (Å²) in [5, 5.41) is 44.1. The van der Waals surface area contributed by atoms with Crippen molar-refractivity contribution in [2.75, 3.05) is 6.61 Å². The van der Waals surface area contributed by atoms with Crippen molar-refractivity contribution in [1.29, 1.82) is 0 Å². The van der Waals surface area contributed by atoms with Gasteiger partial charge in [0.05, 0.1) is 18.8 Å². The van der Waals surface area contributed by atoms with Crippen LogP contribution in [0, 0.1) is 0 Å². The van der Waals surface area contributed by atoms with Crippen molar-refractivity contribution in [3.8, 4) is 0 Å². The van der Waals surface area contributed by atoms with Gasteiger partial charge in [0.25, 0.3) is 0 Å².